The van der Waals surface area contributed by atoms with Crippen LogP contribution in [-0.4, -0.2) is 40.4 Å². The molecule has 1 atom stereocenters. The molecule has 1 unspecified atom stereocenters. The number of benzene rings is 2. The van der Waals surface area contributed by atoms with Crippen LogP contribution in [0.1, 0.15) is 36.1 Å². The van der Waals surface area contributed by atoms with Crippen LogP contribution >= 0.6 is 0 Å². The van der Waals surface area contributed by atoms with Gasteiger partial charge in [0.25, 0.3) is 0 Å². The molecule has 8 nitrogen and oxygen atoms in total. The quantitative estimate of drug-likeness (QED) is 0.405. The summed E-state index contributed by atoms with van der Waals surface area (Å²) in [7, 11) is 1.66. The number of para-hydroxylation sites is 1. The number of nitrogens with zero attached hydrogens (tertiary/aromatic N) is 4. The van der Waals surface area contributed by atoms with E-state index >= 15 is 0 Å². The van der Waals surface area contributed by atoms with E-state index in [-0.39, 0.29) is 6.04 Å². The van der Waals surface area contributed by atoms with Crippen molar-refractivity contribution in [3.8, 4) is 11.5 Å². The fourth-order valence-electron chi connectivity index (χ4n) is 3.81. The van der Waals surface area contributed by atoms with Gasteiger partial charge >= 0.3 is 0 Å². The van der Waals surface area contributed by atoms with E-state index in [9.17, 15) is 0 Å². The molecule has 0 fully saturated rings. The third-order valence-electron chi connectivity index (χ3n) is 5.49. The lowest BCUT2D eigenvalue weighted by Gasteiger charge is -2.25. The predicted molar refractivity (Wildman–Crippen MR) is 128 cm³/mol. The third kappa shape index (κ3) is 6.10. The van der Waals surface area contributed by atoms with Gasteiger partial charge in [0.1, 0.15) is 23.9 Å². The van der Waals surface area contributed by atoms with Crippen molar-refractivity contribution in [2.24, 2.45) is 4.99 Å². The molecule has 1 aliphatic rings. The Morgan fingerprint density at radius 2 is 2.00 bits per heavy atom. The Morgan fingerprint density at radius 3 is 2.79 bits per heavy atom. The Balaban J connectivity index is 1.43. The highest BCUT2D eigenvalue weighted by Crippen LogP contribution is 2.26. The van der Waals surface area contributed by atoms with E-state index in [1.54, 1.807) is 7.11 Å². The van der Waals surface area contributed by atoms with E-state index < -0.39 is 0 Å². The summed E-state index contributed by atoms with van der Waals surface area (Å²) in [5, 5.41) is 11.5. The van der Waals surface area contributed by atoms with Gasteiger partial charge in [-0.15, -0.1) is 0 Å². The number of ether oxygens (including phenoxy) is 2. The highest BCUT2D eigenvalue weighted by Gasteiger charge is 2.22. The zero-order valence-corrected chi connectivity index (χ0v) is 19.5. The van der Waals surface area contributed by atoms with Crippen molar-refractivity contribution in [1.29, 1.82) is 0 Å². The van der Waals surface area contributed by atoms with Crippen molar-refractivity contribution in [1.82, 2.24) is 25.4 Å². The molecule has 1 aliphatic heterocycles. The van der Waals surface area contributed by atoms with Crippen LogP contribution in [0.25, 0.3) is 0 Å². The summed E-state index contributed by atoms with van der Waals surface area (Å²) in [6.07, 6.45) is 1.85. The minimum atomic E-state index is 0.228. The largest absolute Gasteiger partial charge is 0.457 e. The molecule has 2 N–H and O–H groups in total. The number of nitrogens with one attached hydrogen (secondary N) is 2. The van der Waals surface area contributed by atoms with Crippen molar-refractivity contribution in [2.45, 2.75) is 52.4 Å². The van der Waals surface area contributed by atoms with Gasteiger partial charge in [-0.25, -0.2) is 14.7 Å². The molecule has 0 saturated heterocycles. The molecule has 0 bridgehead atoms. The van der Waals surface area contributed by atoms with Gasteiger partial charge in [-0.1, -0.05) is 35.9 Å². The van der Waals surface area contributed by atoms with Gasteiger partial charge in [-0.3, -0.25) is 0 Å². The second-order valence-corrected chi connectivity index (χ2v) is 8.16. The lowest BCUT2D eigenvalue weighted by atomic mass is 10.1. The highest BCUT2D eigenvalue weighted by molar-refractivity contribution is 5.80. The fraction of sp³-hybridized carbons (Fsp3) is 0.400. The summed E-state index contributed by atoms with van der Waals surface area (Å²) in [5.41, 5.74) is 2.24. The molecule has 0 amide bonds. The maximum atomic E-state index is 6.13. The number of aliphatic imine (C=N–C) groups is 1. The van der Waals surface area contributed by atoms with E-state index in [0.717, 1.165) is 60.6 Å². The number of aryl methyl sites for hydroxylation is 2. The monoisotopic (exact) mass is 448 g/mol. The topological polar surface area (TPSA) is 85.6 Å². The molecular formula is C25H32N6O2. The zero-order chi connectivity index (χ0) is 23.0. The number of hydrogen-bond donors (Lipinski definition) is 2. The van der Waals surface area contributed by atoms with E-state index in [1.165, 1.54) is 5.56 Å². The number of methoxy groups -OCH3 is 1. The SMILES string of the molecule is CCNC(=NCc1ccccc1Oc1ccc(C)cc1)NC1CCc2nc(COC)nn2C1. The number of rotatable bonds is 8. The fourth-order valence-corrected chi connectivity index (χ4v) is 3.81. The second kappa shape index (κ2) is 11.0. The molecule has 0 saturated carbocycles. The van der Waals surface area contributed by atoms with E-state index in [0.29, 0.717) is 13.2 Å². The van der Waals surface area contributed by atoms with Crippen LogP contribution in [0.5, 0.6) is 11.5 Å². The van der Waals surface area contributed by atoms with Gasteiger partial charge in [0.05, 0.1) is 13.1 Å². The average Bonchev–Trinajstić information content (AvgIpc) is 3.22. The zero-order valence-electron chi connectivity index (χ0n) is 19.5. The minimum absolute atomic E-state index is 0.228. The molecule has 33 heavy (non-hydrogen) atoms. The molecule has 3 aromatic rings. The normalized spacial score (nSPS) is 15.7. The number of guanidine groups is 1. The lowest BCUT2D eigenvalue weighted by Crippen LogP contribution is -2.47. The van der Waals surface area contributed by atoms with Crippen LogP contribution in [0.2, 0.25) is 0 Å². The molecular weight excluding hydrogens is 416 g/mol. The number of aromatic nitrogens is 3. The van der Waals surface area contributed by atoms with Crippen LogP contribution in [0, 0.1) is 6.92 Å². The maximum Gasteiger partial charge on any atom is 0.191 e. The van der Waals surface area contributed by atoms with Gasteiger partial charge in [-0.2, -0.15) is 5.10 Å². The summed E-state index contributed by atoms with van der Waals surface area (Å²) >= 11 is 0. The Bertz CT molecular complexity index is 1080. The molecule has 0 aliphatic carbocycles. The lowest BCUT2D eigenvalue weighted by molar-refractivity contribution is 0.177. The third-order valence-corrected chi connectivity index (χ3v) is 5.49. The second-order valence-electron chi connectivity index (χ2n) is 8.16. The van der Waals surface area contributed by atoms with Gasteiger partial charge < -0.3 is 20.1 Å². The summed E-state index contributed by atoms with van der Waals surface area (Å²) in [4.78, 5) is 9.39. The number of fused-ring (bicyclic) bond motifs is 1. The summed E-state index contributed by atoms with van der Waals surface area (Å²) in [6, 6.07) is 16.3. The molecule has 0 radical (unpaired) electrons. The smallest absolute Gasteiger partial charge is 0.191 e. The Labute approximate surface area is 195 Å². The van der Waals surface area contributed by atoms with Gasteiger partial charge in [0, 0.05) is 31.7 Å². The van der Waals surface area contributed by atoms with E-state index in [1.807, 2.05) is 47.1 Å². The first-order valence-corrected chi connectivity index (χ1v) is 11.4. The van der Waals surface area contributed by atoms with Crippen LogP contribution in [0.3, 0.4) is 0 Å². The first kappa shape index (κ1) is 22.8. The maximum absolute atomic E-state index is 6.13. The van der Waals surface area contributed by atoms with Gasteiger partial charge in [0.2, 0.25) is 0 Å². The van der Waals surface area contributed by atoms with Crippen LogP contribution in [0.4, 0.5) is 0 Å². The molecule has 2 aromatic carbocycles. The predicted octanol–water partition coefficient (Wildman–Crippen LogP) is 3.60. The van der Waals surface area contributed by atoms with Crippen molar-refractivity contribution in [3.63, 3.8) is 0 Å². The molecule has 4 rings (SSSR count). The Kier molecular flexibility index (Phi) is 7.57. The first-order chi connectivity index (χ1) is 16.1. The molecule has 0 spiro atoms. The van der Waals surface area contributed by atoms with Crippen molar-refractivity contribution >= 4 is 5.96 Å². The van der Waals surface area contributed by atoms with Gasteiger partial charge in [-0.05, 0) is 38.5 Å². The van der Waals surface area contributed by atoms with Crippen LogP contribution < -0.4 is 15.4 Å². The van der Waals surface area contributed by atoms with Crippen molar-refractivity contribution in [2.75, 3.05) is 13.7 Å². The minimum Gasteiger partial charge on any atom is -0.457 e. The Morgan fingerprint density at radius 1 is 1.18 bits per heavy atom. The number of hydrogen-bond acceptors (Lipinski definition) is 5. The van der Waals surface area contributed by atoms with E-state index in [4.69, 9.17) is 14.5 Å². The average molecular weight is 449 g/mol. The van der Waals surface area contributed by atoms with Crippen LogP contribution in [-0.2, 0) is 30.9 Å². The van der Waals surface area contributed by atoms with Crippen molar-refractivity contribution in [3.05, 3.63) is 71.3 Å². The van der Waals surface area contributed by atoms with Crippen molar-refractivity contribution < 1.29 is 9.47 Å². The molecule has 8 heteroatoms. The highest BCUT2D eigenvalue weighted by atomic mass is 16.5. The Hall–Kier alpha value is -3.39. The van der Waals surface area contributed by atoms with E-state index in [2.05, 4.69) is 40.6 Å². The molecule has 2 heterocycles. The summed E-state index contributed by atoms with van der Waals surface area (Å²) in [6.45, 7) is 6.62. The summed E-state index contributed by atoms with van der Waals surface area (Å²) < 4.78 is 13.3. The standard InChI is InChI=1S/C25H32N6O2/c1-4-26-25(28-20-11-14-24-29-23(17-32-3)30-31(24)16-20)27-15-19-7-5-6-8-22(19)33-21-12-9-18(2)10-13-21/h5-10,12-13,20H,4,11,14-17H2,1-3H3,(H2,26,27,28). The molecule has 1 aromatic heterocycles. The molecule has 174 valence electrons. The van der Waals surface area contributed by atoms with Gasteiger partial charge in [0.15, 0.2) is 11.8 Å². The summed E-state index contributed by atoms with van der Waals surface area (Å²) in [5.74, 6) is 4.17. The van der Waals surface area contributed by atoms with Crippen LogP contribution in [0.15, 0.2) is 53.5 Å². The first-order valence-electron chi connectivity index (χ1n) is 11.4.